The Bertz CT molecular complexity index is 745. The van der Waals surface area contributed by atoms with E-state index >= 15 is 0 Å². The second-order valence-corrected chi connectivity index (χ2v) is 10.3. The van der Waals surface area contributed by atoms with Gasteiger partial charge in [0.2, 0.25) is 0 Å². The number of rotatable bonds is 2. The molecule has 3 heteroatoms. The molecule has 1 heterocycles. The molecule has 2 nitrogen and oxygen atoms in total. The SMILES string of the molecule is Cc1cccc2sc(C(O)C34CCC(C(C)(C)C)(CC3)CC4)nc12. The Morgan fingerprint density at radius 2 is 1.71 bits per heavy atom. The van der Waals surface area contributed by atoms with Gasteiger partial charge in [-0.2, -0.15) is 0 Å². The number of nitrogens with zero attached hydrogens (tertiary/aromatic N) is 1. The Morgan fingerprint density at radius 1 is 1.08 bits per heavy atom. The highest BCUT2D eigenvalue weighted by Crippen LogP contribution is 2.66. The van der Waals surface area contributed by atoms with Gasteiger partial charge in [0.1, 0.15) is 11.1 Å². The molecule has 3 aliphatic rings. The summed E-state index contributed by atoms with van der Waals surface area (Å²) in [5, 5.41) is 12.2. The Labute approximate surface area is 149 Å². The predicted octanol–water partition coefficient (Wildman–Crippen LogP) is 6.02. The third-order valence-electron chi connectivity index (χ3n) is 7.35. The molecule has 2 bridgehead atoms. The highest BCUT2D eigenvalue weighted by Gasteiger charge is 2.56. The topological polar surface area (TPSA) is 33.1 Å². The first-order valence-electron chi connectivity index (χ1n) is 9.31. The summed E-state index contributed by atoms with van der Waals surface area (Å²) in [6.07, 6.45) is 6.85. The summed E-state index contributed by atoms with van der Waals surface area (Å²) in [5.74, 6) is 0. The largest absolute Gasteiger partial charge is 0.385 e. The summed E-state index contributed by atoms with van der Waals surface area (Å²) >= 11 is 1.69. The Hall–Kier alpha value is -0.930. The first-order chi connectivity index (χ1) is 11.3. The van der Waals surface area contributed by atoms with Gasteiger partial charge in [-0.3, -0.25) is 0 Å². The van der Waals surface area contributed by atoms with E-state index in [-0.39, 0.29) is 5.41 Å². The summed E-state index contributed by atoms with van der Waals surface area (Å²) in [5.41, 5.74) is 3.20. The maximum absolute atomic E-state index is 11.2. The van der Waals surface area contributed by atoms with E-state index in [1.165, 1.54) is 29.5 Å². The molecule has 1 atom stereocenters. The monoisotopic (exact) mass is 343 g/mol. The maximum atomic E-state index is 11.2. The van der Waals surface area contributed by atoms with Crippen molar-refractivity contribution in [2.45, 2.75) is 72.3 Å². The molecular weight excluding hydrogens is 314 g/mol. The molecular formula is C21H29NOS. The number of aliphatic hydroxyl groups excluding tert-OH is 1. The van der Waals surface area contributed by atoms with E-state index in [1.807, 2.05) is 0 Å². The molecule has 24 heavy (non-hydrogen) atoms. The van der Waals surface area contributed by atoms with Gasteiger partial charge in [-0.05, 0) is 67.9 Å². The Balaban J connectivity index is 1.63. The normalized spacial score (nSPS) is 31.5. The van der Waals surface area contributed by atoms with Crippen molar-refractivity contribution in [3.63, 3.8) is 0 Å². The third kappa shape index (κ3) is 2.28. The van der Waals surface area contributed by atoms with Crippen LogP contribution in [0.4, 0.5) is 0 Å². The van der Waals surface area contributed by atoms with Crippen molar-refractivity contribution < 1.29 is 5.11 Å². The number of fused-ring (bicyclic) bond motifs is 4. The Kier molecular flexibility index (Phi) is 3.64. The second-order valence-electron chi connectivity index (χ2n) is 9.27. The van der Waals surface area contributed by atoms with Crippen LogP contribution >= 0.6 is 11.3 Å². The Morgan fingerprint density at radius 3 is 2.25 bits per heavy atom. The number of thiazole rings is 1. The van der Waals surface area contributed by atoms with E-state index in [2.05, 4.69) is 45.9 Å². The van der Waals surface area contributed by atoms with Gasteiger partial charge in [0.25, 0.3) is 0 Å². The zero-order valence-electron chi connectivity index (χ0n) is 15.4. The predicted molar refractivity (Wildman–Crippen MR) is 101 cm³/mol. The van der Waals surface area contributed by atoms with E-state index < -0.39 is 6.10 Å². The van der Waals surface area contributed by atoms with Gasteiger partial charge in [0.05, 0.1) is 10.2 Å². The molecule has 0 radical (unpaired) electrons. The van der Waals surface area contributed by atoms with E-state index in [9.17, 15) is 5.11 Å². The van der Waals surface area contributed by atoms with Crippen LogP contribution < -0.4 is 0 Å². The number of aromatic nitrogens is 1. The number of para-hydroxylation sites is 1. The van der Waals surface area contributed by atoms with Gasteiger partial charge in [0.15, 0.2) is 0 Å². The fourth-order valence-electron chi connectivity index (χ4n) is 5.23. The van der Waals surface area contributed by atoms with E-state index in [0.717, 1.165) is 29.8 Å². The van der Waals surface area contributed by atoms with Crippen molar-refractivity contribution in [1.29, 1.82) is 0 Å². The zero-order valence-corrected chi connectivity index (χ0v) is 16.2. The molecule has 130 valence electrons. The van der Waals surface area contributed by atoms with Crippen molar-refractivity contribution in [2.24, 2.45) is 16.2 Å². The van der Waals surface area contributed by atoms with Crippen LogP contribution in [0.25, 0.3) is 10.2 Å². The van der Waals surface area contributed by atoms with Gasteiger partial charge in [0, 0.05) is 5.41 Å². The van der Waals surface area contributed by atoms with E-state index in [0.29, 0.717) is 10.8 Å². The van der Waals surface area contributed by atoms with Crippen LogP contribution in [0, 0.1) is 23.2 Å². The molecule has 0 amide bonds. The minimum absolute atomic E-state index is 0.0643. The minimum Gasteiger partial charge on any atom is -0.385 e. The standard InChI is InChI=1S/C21H29NOS/c1-14-6-5-7-15-16(14)22-18(24-15)17(23)20-8-11-21(12-9-20,13-10-20)19(2,3)4/h5-7,17,23H,8-13H2,1-4H3. The molecule has 1 unspecified atom stereocenters. The summed E-state index contributed by atoms with van der Waals surface area (Å²) in [6, 6.07) is 6.32. The minimum atomic E-state index is -0.396. The number of aliphatic hydroxyl groups is 1. The summed E-state index contributed by atoms with van der Waals surface area (Å²) in [7, 11) is 0. The smallest absolute Gasteiger partial charge is 0.123 e. The highest BCUT2D eigenvalue weighted by molar-refractivity contribution is 7.18. The van der Waals surface area contributed by atoms with Crippen LogP contribution in [0.1, 0.15) is 76.0 Å². The summed E-state index contributed by atoms with van der Waals surface area (Å²) in [6.45, 7) is 9.31. The van der Waals surface area contributed by atoms with Crippen molar-refractivity contribution in [3.8, 4) is 0 Å². The van der Waals surface area contributed by atoms with Gasteiger partial charge in [-0.1, -0.05) is 32.9 Å². The average Bonchev–Trinajstić information content (AvgIpc) is 3.00. The van der Waals surface area contributed by atoms with Crippen LogP contribution in [0.2, 0.25) is 0 Å². The number of aryl methyl sites for hydroxylation is 1. The van der Waals surface area contributed by atoms with Crippen LogP contribution in [-0.4, -0.2) is 10.1 Å². The van der Waals surface area contributed by atoms with E-state index in [1.54, 1.807) is 11.3 Å². The van der Waals surface area contributed by atoms with E-state index in [4.69, 9.17) is 4.98 Å². The van der Waals surface area contributed by atoms with Gasteiger partial charge < -0.3 is 5.11 Å². The lowest BCUT2D eigenvalue weighted by molar-refractivity contribution is -0.127. The second kappa shape index (κ2) is 5.28. The molecule has 0 saturated heterocycles. The number of hydrogen-bond acceptors (Lipinski definition) is 3. The molecule has 3 saturated carbocycles. The zero-order chi connectivity index (χ0) is 17.2. The van der Waals surface area contributed by atoms with Crippen molar-refractivity contribution in [3.05, 3.63) is 28.8 Å². The van der Waals surface area contributed by atoms with Gasteiger partial charge in [-0.15, -0.1) is 11.3 Å². The van der Waals surface area contributed by atoms with Crippen molar-refractivity contribution in [1.82, 2.24) is 4.98 Å². The number of benzene rings is 1. The molecule has 0 aliphatic heterocycles. The first kappa shape index (κ1) is 16.5. The van der Waals surface area contributed by atoms with Crippen LogP contribution in [0.5, 0.6) is 0 Å². The first-order valence-corrected chi connectivity index (χ1v) is 10.1. The fourth-order valence-corrected chi connectivity index (χ4v) is 6.41. The fraction of sp³-hybridized carbons (Fsp3) is 0.667. The maximum Gasteiger partial charge on any atom is 0.123 e. The van der Waals surface area contributed by atoms with Crippen molar-refractivity contribution >= 4 is 21.6 Å². The highest BCUT2D eigenvalue weighted by atomic mass is 32.1. The molecule has 3 aliphatic carbocycles. The molecule has 1 N–H and O–H groups in total. The van der Waals surface area contributed by atoms with Gasteiger partial charge in [-0.25, -0.2) is 4.98 Å². The molecule has 1 aromatic heterocycles. The van der Waals surface area contributed by atoms with Crippen molar-refractivity contribution in [2.75, 3.05) is 0 Å². The molecule has 2 aromatic rings. The third-order valence-corrected chi connectivity index (χ3v) is 8.42. The van der Waals surface area contributed by atoms with Crippen LogP contribution in [0.15, 0.2) is 18.2 Å². The van der Waals surface area contributed by atoms with Crippen LogP contribution in [-0.2, 0) is 0 Å². The summed E-state index contributed by atoms with van der Waals surface area (Å²) in [4.78, 5) is 4.83. The summed E-state index contributed by atoms with van der Waals surface area (Å²) < 4.78 is 1.20. The number of hydrogen-bond donors (Lipinski definition) is 1. The molecule has 0 spiro atoms. The molecule has 3 fully saturated rings. The van der Waals surface area contributed by atoms with Gasteiger partial charge >= 0.3 is 0 Å². The molecule has 5 rings (SSSR count). The van der Waals surface area contributed by atoms with Crippen LogP contribution in [0.3, 0.4) is 0 Å². The lowest BCUT2D eigenvalue weighted by Crippen LogP contribution is -2.50. The quantitative estimate of drug-likeness (QED) is 0.722. The molecule has 1 aromatic carbocycles. The average molecular weight is 344 g/mol. The lowest BCUT2D eigenvalue weighted by Gasteiger charge is -2.59. The lowest BCUT2D eigenvalue weighted by atomic mass is 9.46.